The second-order valence-electron chi connectivity index (χ2n) is 6.16. The molecule has 4 aromatic rings. The van der Waals surface area contributed by atoms with Crippen LogP contribution in [0.25, 0.3) is 11.4 Å². The highest BCUT2D eigenvalue weighted by atomic mass is 32.2. The van der Waals surface area contributed by atoms with Crippen molar-refractivity contribution < 1.29 is 9.18 Å². The number of hydrogen-bond donors (Lipinski definition) is 2. The van der Waals surface area contributed by atoms with E-state index in [1.807, 2.05) is 47.8 Å². The van der Waals surface area contributed by atoms with Crippen molar-refractivity contribution in [2.45, 2.75) is 11.2 Å². The van der Waals surface area contributed by atoms with Gasteiger partial charge >= 0.3 is 0 Å². The molecule has 2 aromatic carbocycles. The van der Waals surface area contributed by atoms with Crippen molar-refractivity contribution in [2.24, 2.45) is 0 Å². The van der Waals surface area contributed by atoms with Crippen molar-refractivity contribution in [3.63, 3.8) is 0 Å². The molecule has 0 fully saturated rings. The van der Waals surface area contributed by atoms with Crippen LogP contribution in [0.4, 0.5) is 4.39 Å². The van der Waals surface area contributed by atoms with Crippen LogP contribution in [-0.2, 0) is 4.79 Å². The number of hydrogen-bond acceptors (Lipinski definition) is 5. The number of halogens is 1. The number of carbonyl (C=O) groups is 1. The summed E-state index contributed by atoms with van der Waals surface area (Å²) in [5.41, 5.74) is 1.37. The normalized spacial score (nSPS) is 11.9. The Morgan fingerprint density at radius 3 is 2.66 bits per heavy atom. The van der Waals surface area contributed by atoms with Crippen LogP contribution in [0, 0.1) is 5.82 Å². The molecule has 0 saturated carbocycles. The highest BCUT2D eigenvalue weighted by molar-refractivity contribution is 7.99. The zero-order valence-electron chi connectivity index (χ0n) is 15.2. The number of amides is 1. The number of thiophene rings is 1. The highest BCUT2D eigenvalue weighted by Gasteiger charge is 2.18. The van der Waals surface area contributed by atoms with E-state index in [0.717, 1.165) is 10.4 Å². The Labute approximate surface area is 175 Å². The number of nitrogens with one attached hydrogen (secondary N) is 2. The van der Waals surface area contributed by atoms with Crippen LogP contribution in [-0.4, -0.2) is 26.8 Å². The van der Waals surface area contributed by atoms with E-state index < -0.39 is 0 Å². The lowest BCUT2D eigenvalue weighted by Crippen LogP contribution is -2.30. The van der Waals surface area contributed by atoms with Crippen LogP contribution in [0.1, 0.15) is 16.5 Å². The minimum atomic E-state index is -0.375. The lowest BCUT2D eigenvalue weighted by molar-refractivity contribution is -0.119. The third kappa shape index (κ3) is 4.72. The van der Waals surface area contributed by atoms with Gasteiger partial charge in [0.2, 0.25) is 11.1 Å². The summed E-state index contributed by atoms with van der Waals surface area (Å²) in [7, 11) is 0. The van der Waals surface area contributed by atoms with Gasteiger partial charge in [-0.3, -0.25) is 9.89 Å². The Kier molecular flexibility index (Phi) is 6.02. The molecule has 0 unspecified atom stereocenters. The summed E-state index contributed by atoms with van der Waals surface area (Å²) in [6.45, 7) is 0. The van der Waals surface area contributed by atoms with E-state index in [1.165, 1.54) is 17.8 Å². The molecule has 0 saturated heterocycles. The van der Waals surface area contributed by atoms with Gasteiger partial charge in [0.05, 0.1) is 17.4 Å². The van der Waals surface area contributed by atoms with Gasteiger partial charge in [-0.25, -0.2) is 9.37 Å². The molecule has 2 aromatic heterocycles. The average Bonchev–Trinajstić information content (AvgIpc) is 3.44. The maximum absolute atomic E-state index is 13.9. The van der Waals surface area contributed by atoms with Crippen molar-refractivity contribution in [1.29, 1.82) is 0 Å². The number of benzene rings is 2. The van der Waals surface area contributed by atoms with Gasteiger partial charge in [-0.15, -0.1) is 16.4 Å². The fourth-order valence-electron chi connectivity index (χ4n) is 2.84. The van der Waals surface area contributed by atoms with Crippen LogP contribution in [0.15, 0.2) is 77.3 Å². The van der Waals surface area contributed by atoms with Crippen LogP contribution in [0.3, 0.4) is 0 Å². The van der Waals surface area contributed by atoms with E-state index in [-0.39, 0.29) is 23.5 Å². The number of carbonyl (C=O) groups excluding carboxylic acids is 1. The summed E-state index contributed by atoms with van der Waals surface area (Å²) in [5.74, 6) is -0.00986. The minimum absolute atomic E-state index is 0.130. The quantitative estimate of drug-likeness (QED) is 0.423. The maximum atomic E-state index is 13.9. The third-order valence-corrected chi connectivity index (χ3v) is 5.98. The monoisotopic (exact) mass is 424 g/mol. The van der Waals surface area contributed by atoms with Gasteiger partial charge in [0, 0.05) is 4.88 Å². The fourth-order valence-corrected chi connectivity index (χ4v) is 4.25. The molecule has 4 rings (SSSR count). The molecule has 0 radical (unpaired) electrons. The van der Waals surface area contributed by atoms with Crippen LogP contribution in [0.5, 0.6) is 0 Å². The molecular formula is C21H17FN4OS2. The number of aromatic nitrogens is 3. The molecule has 8 heteroatoms. The molecule has 0 spiro atoms. The number of rotatable bonds is 7. The zero-order valence-corrected chi connectivity index (χ0v) is 16.8. The van der Waals surface area contributed by atoms with Crippen LogP contribution < -0.4 is 5.32 Å². The predicted octanol–water partition coefficient (Wildman–Crippen LogP) is 4.67. The first-order chi connectivity index (χ1) is 14.2. The minimum Gasteiger partial charge on any atom is -0.344 e. The van der Waals surface area contributed by atoms with E-state index in [0.29, 0.717) is 16.5 Å². The second-order valence-corrected chi connectivity index (χ2v) is 8.08. The summed E-state index contributed by atoms with van der Waals surface area (Å²) < 4.78 is 13.9. The Hall–Kier alpha value is -2.97. The maximum Gasteiger partial charge on any atom is 0.231 e. The summed E-state index contributed by atoms with van der Waals surface area (Å²) in [6.07, 6.45) is 0. The standard InChI is InChI=1S/C21H17FN4OS2/c22-16-10-5-4-9-15(16)20-24-21(26-25-20)29-13-18(27)23-19(17-11-6-12-28-17)14-7-2-1-3-8-14/h1-12,19H,13H2,(H,23,27)(H,24,25,26)/t19-/m1/s1. The van der Waals surface area contributed by atoms with Gasteiger partial charge in [-0.1, -0.05) is 60.3 Å². The predicted molar refractivity (Wildman–Crippen MR) is 113 cm³/mol. The van der Waals surface area contributed by atoms with Crippen molar-refractivity contribution >= 4 is 29.0 Å². The van der Waals surface area contributed by atoms with Crippen molar-refractivity contribution in [1.82, 2.24) is 20.5 Å². The van der Waals surface area contributed by atoms with Crippen molar-refractivity contribution in [2.75, 3.05) is 5.75 Å². The number of thioether (sulfide) groups is 1. The average molecular weight is 425 g/mol. The molecule has 146 valence electrons. The van der Waals surface area contributed by atoms with E-state index in [2.05, 4.69) is 20.5 Å². The van der Waals surface area contributed by atoms with E-state index in [1.54, 1.807) is 29.5 Å². The highest BCUT2D eigenvalue weighted by Crippen LogP contribution is 2.26. The molecule has 0 aliphatic carbocycles. The number of H-pyrrole nitrogens is 1. The molecule has 0 aliphatic heterocycles. The molecule has 1 atom stereocenters. The van der Waals surface area contributed by atoms with Gasteiger partial charge in [0.15, 0.2) is 5.82 Å². The topological polar surface area (TPSA) is 70.7 Å². The lowest BCUT2D eigenvalue weighted by atomic mass is 10.1. The van der Waals surface area contributed by atoms with Crippen LogP contribution >= 0.6 is 23.1 Å². The van der Waals surface area contributed by atoms with E-state index >= 15 is 0 Å². The molecule has 0 aliphatic rings. The Bertz CT molecular complexity index is 1080. The van der Waals surface area contributed by atoms with E-state index in [4.69, 9.17) is 0 Å². The summed E-state index contributed by atoms with van der Waals surface area (Å²) in [5, 5.41) is 12.3. The first kappa shape index (κ1) is 19.4. The van der Waals surface area contributed by atoms with Gasteiger partial charge in [-0.2, -0.15) is 0 Å². The van der Waals surface area contributed by atoms with Crippen molar-refractivity contribution in [3.05, 3.63) is 88.4 Å². The zero-order chi connectivity index (χ0) is 20.1. The Balaban J connectivity index is 1.41. The van der Waals surface area contributed by atoms with Crippen LogP contribution in [0.2, 0.25) is 0 Å². The third-order valence-electron chi connectivity index (χ3n) is 4.19. The smallest absolute Gasteiger partial charge is 0.231 e. The van der Waals surface area contributed by atoms with Gasteiger partial charge < -0.3 is 5.32 Å². The molecular weight excluding hydrogens is 407 g/mol. The van der Waals surface area contributed by atoms with Crippen molar-refractivity contribution in [3.8, 4) is 11.4 Å². The molecule has 0 bridgehead atoms. The van der Waals surface area contributed by atoms with Gasteiger partial charge in [-0.05, 0) is 29.1 Å². The molecule has 2 N–H and O–H groups in total. The van der Waals surface area contributed by atoms with Gasteiger partial charge in [0.1, 0.15) is 5.82 Å². The largest absolute Gasteiger partial charge is 0.344 e. The Morgan fingerprint density at radius 2 is 1.90 bits per heavy atom. The summed E-state index contributed by atoms with van der Waals surface area (Å²) in [4.78, 5) is 17.9. The lowest BCUT2D eigenvalue weighted by Gasteiger charge is -2.17. The first-order valence-electron chi connectivity index (χ1n) is 8.88. The van der Waals surface area contributed by atoms with E-state index in [9.17, 15) is 9.18 Å². The molecule has 2 heterocycles. The second kappa shape index (κ2) is 9.02. The SMILES string of the molecule is O=C(CSc1n[nH]c(-c2ccccc2F)n1)N[C@H](c1ccccc1)c1cccs1. The van der Waals surface area contributed by atoms with Gasteiger partial charge in [0.25, 0.3) is 0 Å². The Morgan fingerprint density at radius 1 is 1.10 bits per heavy atom. The molecule has 29 heavy (non-hydrogen) atoms. The molecule has 5 nitrogen and oxygen atoms in total. The summed E-state index contributed by atoms with van der Waals surface area (Å²) in [6, 6.07) is 20.0. The first-order valence-corrected chi connectivity index (χ1v) is 10.7. The fraction of sp³-hybridized carbons (Fsp3) is 0.0952. The summed E-state index contributed by atoms with van der Waals surface area (Å²) >= 11 is 2.80. The number of aromatic amines is 1. The number of nitrogens with zero attached hydrogens (tertiary/aromatic N) is 2. The molecule has 1 amide bonds.